The van der Waals surface area contributed by atoms with Crippen LogP contribution in [0.4, 0.5) is 4.39 Å². The third-order valence-electron chi connectivity index (χ3n) is 5.20. The lowest BCUT2D eigenvalue weighted by atomic mass is 9.76. The Kier molecular flexibility index (Phi) is 7.92. The highest BCUT2D eigenvalue weighted by atomic mass is 35.5. The summed E-state index contributed by atoms with van der Waals surface area (Å²) in [6.07, 6.45) is 0.354. The number of nitrogens with one attached hydrogen (secondary N) is 1. The topological polar surface area (TPSA) is 92.0 Å². The van der Waals surface area contributed by atoms with Crippen LogP contribution in [0.3, 0.4) is 0 Å². The molecule has 0 radical (unpaired) electrons. The van der Waals surface area contributed by atoms with Crippen LogP contribution in [0.15, 0.2) is 18.2 Å². The molecule has 0 bridgehead atoms. The summed E-state index contributed by atoms with van der Waals surface area (Å²) in [4.78, 5) is 12.4. The van der Waals surface area contributed by atoms with E-state index in [-0.39, 0.29) is 24.1 Å². The van der Waals surface area contributed by atoms with Gasteiger partial charge in [0.05, 0.1) is 35.4 Å². The van der Waals surface area contributed by atoms with Gasteiger partial charge in [0.15, 0.2) is 0 Å². The van der Waals surface area contributed by atoms with Crippen molar-refractivity contribution in [3.63, 3.8) is 0 Å². The molecule has 1 amide bonds. The van der Waals surface area contributed by atoms with Crippen molar-refractivity contribution < 1.29 is 28.0 Å². The van der Waals surface area contributed by atoms with Crippen LogP contribution in [0, 0.1) is 5.82 Å². The van der Waals surface area contributed by atoms with Gasteiger partial charge >= 0.3 is 7.12 Å². The number of carbonyl (C=O) groups excluding carboxylic acids is 1. The third kappa shape index (κ3) is 6.05. The number of halogens is 2. The molecule has 2 atom stereocenters. The molecule has 3 N–H and O–H groups in total. The molecule has 0 spiro atoms. The molecule has 2 rings (SSSR count). The Morgan fingerprint density at radius 2 is 1.93 bits per heavy atom. The van der Waals surface area contributed by atoms with Gasteiger partial charge in [0, 0.05) is 19.6 Å². The molecular weight excluding hydrogens is 401 g/mol. The van der Waals surface area contributed by atoms with Crippen LogP contribution in [-0.4, -0.2) is 56.5 Å². The van der Waals surface area contributed by atoms with Crippen LogP contribution >= 0.6 is 11.6 Å². The fraction of sp³-hybridized carbons (Fsp3) is 0.632. The van der Waals surface area contributed by atoms with Crippen LogP contribution < -0.4 is 15.8 Å². The smallest absolute Gasteiger partial charge is 0.481 e. The zero-order valence-electron chi connectivity index (χ0n) is 17.5. The molecule has 1 saturated heterocycles. The number of ether oxygens (including phenoxy) is 2. The molecule has 0 aromatic heterocycles. The Bertz CT molecular complexity index is 706. The fourth-order valence-corrected chi connectivity index (χ4v) is 2.86. The summed E-state index contributed by atoms with van der Waals surface area (Å²) in [5.41, 5.74) is 4.71. The SMILES string of the molecule is COCC(N)C(=O)N[C@H](CCOc1ccc(Cl)c(F)c1)B1OC(C)(C)C(C)(C)O1. The van der Waals surface area contributed by atoms with Crippen LogP contribution in [0.25, 0.3) is 0 Å². The normalized spacial score (nSPS) is 19.7. The van der Waals surface area contributed by atoms with Crippen molar-refractivity contribution in [2.24, 2.45) is 5.73 Å². The molecule has 162 valence electrons. The van der Waals surface area contributed by atoms with E-state index in [1.54, 1.807) is 6.07 Å². The van der Waals surface area contributed by atoms with Gasteiger partial charge in [0.1, 0.15) is 17.6 Å². The first-order valence-electron chi connectivity index (χ1n) is 9.45. The Morgan fingerprint density at radius 1 is 1.31 bits per heavy atom. The summed E-state index contributed by atoms with van der Waals surface area (Å²) in [5, 5.41) is 2.88. The van der Waals surface area contributed by atoms with Crippen LogP contribution in [0.1, 0.15) is 34.1 Å². The van der Waals surface area contributed by atoms with Crippen molar-refractivity contribution >= 4 is 24.6 Å². The highest BCUT2D eigenvalue weighted by Crippen LogP contribution is 2.37. The van der Waals surface area contributed by atoms with Crippen LogP contribution in [-0.2, 0) is 18.8 Å². The second kappa shape index (κ2) is 9.62. The van der Waals surface area contributed by atoms with E-state index >= 15 is 0 Å². The van der Waals surface area contributed by atoms with Crippen molar-refractivity contribution in [3.05, 3.63) is 29.0 Å². The first kappa shape index (κ1) is 23.9. The number of nitrogens with two attached hydrogens (primary N) is 1. The van der Waals surface area contributed by atoms with Gasteiger partial charge in [-0.15, -0.1) is 0 Å². The lowest BCUT2D eigenvalue weighted by Crippen LogP contribution is -2.54. The molecule has 1 heterocycles. The summed E-state index contributed by atoms with van der Waals surface area (Å²) in [6.45, 7) is 7.98. The molecule has 0 aliphatic carbocycles. The summed E-state index contributed by atoms with van der Waals surface area (Å²) in [7, 11) is 0.780. The number of methoxy groups -OCH3 is 1. The summed E-state index contributed by atoms with van der Waals surface area (Å²) in [5.74, 6) is -1.14. The first-order valence-corrected chi connectivity index (χ1v) is 9.83. The second-order valence-electron chi connectivity index (χ2n) is 8.01. The standard InChI is InChI=1S/C19H29BClFN2O5/c1-18(2)19(3,4)29-20(28-18)16(24-17(25)15(23)11-26-5)8-9-27-12-6-7-13(21)14(22)10-12/h6-7,10,15-16H,8-9,11,23H2,1-5H3,(H,24,25)/t15?,16-/m1/s1. The Balaban J connectivity index is 2.06. The van der Waals surface area contributed by atoms with Gasteiger partial charge in [-0.25, -0.2) is 4.39 Å². The number of carbonyl (C=O) groups is 1. The number of benzene rings is 1. The summed E-state index contributed by atoms with van der Waals surface area (Å²) < 4.78 is 36.3. The molecule has 1 fully saturated rings. The third-order valence-corrected chi connectivity index (χ3v) is 5.51. The van der Waals surface area contributed by atoms with Crippen molar-refractivity contribution in [1.29, 1.82) is 0 Å². The average Bonchev–Trinajstić information content (AvgIpc) is 2.84. The van der Waals surface area contributed by atoms with E-state index in [9.17, 15) is 9.18 Å². The summed E-state index contributed by atoms with van der Waals surface area (Å²) >= 11 is 5.68. The number of hydrogen-bond acceptors (Lipinski definition) is 6. The molecule has 1 aromatic carbocycles. The van der Waals surface area contributed by atoms with Crippen molar-refractivity contribution in [3.8, 4) is 5.75 Å². The van der Waals surface area contributed by atoms with E-state index in [0.29, 0.717) is 12.2 Å². The molecule has 1 unspecified atom stereocenters. The van der Waals surface area contributed by atoms with Gasteiger partial charge in [-0.1, -0.05) is 11.6 Å². The first-order chi connectivity index (χ1) is 13.5. The number of amides is 1. The lowest BCUT2D eigenvalue weighted by molar-refractivity contribution is -0.123. The maximum Gasteiger partial charge on any atom is 0.481 e. The highest BCUT2D eigenvalue weighted by molar-refractivity contribution is 6.48. The Morgan fingerprint density at radius 3 is 2.48 bits per heavy atom. The predicted molar refractivity (Wildman–Crippen MR) is 109 cm³/mol. The molecule has 10 heteroatoms. The van der Waals surface area contributed by atoms with E-state index in [2.05, 4.69) is 5.32 Å². The van der Waals surface area contributed by atoms with Crippen LogP contribution in [0.2, 0.25) is 5.02 Å². The van der Waals surface area contributed by atoms with Crippen molar-refractivity contribution in [2.75, 3.05) is 20.3 Å². The lowest BCUT2D eigenvalue weighted by Gasteiger charge is -2.32. The van der Waals surface area contributed by atoms with Gasteiger partial charge in [-0.3, -0.25) is 4.79 Å². The van der Waals surface area contributed by atoms with Gasteiger partial charge in [-0.05, 0) is 39.8 Å². The molecule has 29 heavy (non-hydrogen) atoms. The minimum atomic E-state index is -0.823. The zero-order chi connectivity index (χ0) is 21.8. The fourth-order valence-electron chi connectivity index (χ4n) is 2.74. The number of hydrogen-bond donors (Lipinski definition) is 2. The molecule has 1 aliphatic heterocycles. The largest absolute Gasteiger partial charge is 0.493 e. The molecule has 1 aromatic rings. The highest BCUT2D eigenvalue weighted by Gasteiger charge is 2.54. The van der Waals surface area contributed by atoms with Crippen molar-refractivity contribution in [1.82, 2.24) is 5.32 Å². The summed E-state index contributed by atoms with van der Waals surface area (Å²) in [6, 6.07) is 3.38. The molecular formula is C19H29BClFN2O5. The Labute approximate surface area is 176 Å². The zero-order valence-corrected chi connectivity index (χ0v) is 18.2. The average molecular weight is 431 g/mol. The molecule has 0 saturated carbocycles. The van der Waals surface area contributed by atoms with Gasteiger partial charge in [-0.2, -0.15) is 0 Å². The maximum absolute atomic E-state index is 13.6. The van der Waals surface area contributed by atoms with Gasteiger partial charge in [0.25, 0.3) is 0 Å². The van der Waals surface area contributed by atoms with Crippen molar-refractivity contribution in [2.45, 2.75) is 57.3 Å². The monoisotopic (exact) mass is 430 g/mol. The van der Waals surface area contributed by atoms with Crippen LogP contribution in [0.5, 0.6) is 5.75 Å². The maximum atomic E-state index is 13.6. The minimum Gasteiger partial charge on any atom is -0.493 e. The molecule has 1 aliphatic rings. The Hall–Kier alpha value is -1.39. The second-order valence-corrected chi connectivity index (χ2v) is 8.42. The number of rotatable bonds is 9. The van der Waals surface area contributed by atoms with E-state index in [1.165, 1.54) is 19.2 Å². The van der Waals surface area contributed by atoms with E-state index < -0.39 is 36.1 Å². The quantitative estimate of drug-likeness (QED) is 0.584. The van der Waals surface area contributed by atoms with E-state index in [4.69, 9.17) is 36.1 Å². The van der Waals surface area contributed by atoms with E-state index in [1.807, 2.05) is 27.7 Å². The van der Waals surface area contributed by atoms with E-state index in [0.717, 1.165) is 0 Å². The molecule has 7 nitrogen and oxygen atoms in total. The van der Waals surface area contributed by atoms with Gasteiger partial charge in [0.2, 0.25) is 5.91 Å². The minimum absolute atomic E-state index is 0.0202. The predicted octanol–water partition coefficient (Wildman–Crippen LogP) is 2.34. The van der Waals surface area contributed by atoms with Gasteiger partial charge < -0.3 is 29.8 Å².